The van der Waals surface area contributed by atoms with Crippen LogP contribution in [0.15, 0.2) is 36.4 Å². The Bertz CT molecular complexity index is 1070. The fraction of sp³-hybridized carbons (Fsp3) is 0.364. The summed E-state index contributed by atoms with van der Waals surface area (Å²) in [5, 5.41) is 5.30. The van der Waals surface area contributed by atoms with Crippen LogP contribution in [0.25, 0.3) is 0 Å². The molecule has 0 spiro atoms. The van der Waals surface area contributed by atoms with E-state index >= 15 is 0 Å². The van der Waals surface area contributed by atoms with E-state index in [4.69, 9.17) is 11.6 Å². The Morgan fingerprint density at radius 1 is 1.19 bits per heavy atom. The van der Waals surface area contributed by atoms with Gasteiger partial charge in [-0.25, -0.2) is 4.98 Å². The van der Waals surface area contributed by atoms with E-state index in [1.54, 1.807) is 18.2 Å². The van der Waals surface area contributed by atoms with Gasteiger partial charge in [0.2, 0.25) is 17.7 Å². The second-order valence-corrected chi connectivity index (χ2v) is 8.48. The van der Waals surface area contributed by atoms with Crippen molar-refractivity contribution in [1.29, 1.82) is 0 Å². The summed E-state index contributed by atoms with van der Waals surface area (Å²) in [5.74, 6) is -1.76. The molecule has 0 radical (unpaired) electrons. The number of nitrogens with zero attached hydrogens (tertiary/aromatic N) is 1. The molecule has 1 aromatic carbocycles. The van der Waals surface area contributed by atoms with Gasteiger partial charge in [-0.1, -0.05) is 29.8 Å². The second kappa shape index (κ2) is 8.90. The van der Waals surface area contributed by atoms with Crippen LogP contribution in [0.1, 0.15) is 55.1 Å². The van der Waals surface area contributed by atoms with Crippen molar-refractivity contribution >= 4 is 29.3 Å². The minimum Gasteiger partial charge on any atom is -0.351 e. The van der Waals surface area contributed by atoms with Gasteiger partial charge in [0.15, 0.2) is 0 Å². The number of imide groups is 1. The number of alkyl halides is 3. The number of hydrogen-bond acceptors (Lipinski definition) is 4. The van der Waals surface area contributed by atoms with Gasteiger partial charge in [-0.15, -0.1) is 0 Å². The molecule has 1 saturated heterocycles. The Kier molecular flexibility index (Phi) is 6.59. The van der Waals surface area contributed by atoms with Crippen LogP contribution in [0, 0.1) is 0 Å². The second-order valence-electron chi connectivity index (χ2n) is 8.07. The standard InChI is InChI=1S/C22H21ClF3N3O3/c1-21(2,16-4-3-5-17(28-16)22(24,25)26)20(32)27-11-12-6-7-13(15(23)10-12)14-8-9-18(30)29-19(14)31/h3-7,10,14H,8-9,11H2,1-2H3,(H,27,32)(H,29,30,31). The molecule has 2 heterocycles. The molecule has 1 aromatic heterocycles. The van der Waals surface area contributed by atoms with Crippen molar-refractivity contribution in [3.05, 3.63) is 63.9 Å². The fourth-order valence-electron chi connectivity index (χ4n) is 3.41. The van der Waals surface area contributed by atoms with Crippen LogP contribution in [0.5, 0.6) is 0 Å². The lowest BCUT2D eigenvalue weighted by Gasteiger charge is -2.24. The van der Waals surface area contributed by atoms with Gasteiger partial charge in [-0.3, -0.25) is 19.7 Å². The number of amides is 3. The largest absolute Gasteiger partial charge is 0.433 e. The topological polar surface area (TPSA) is 88.2 Å². The van der Waals surface area contributed by atoms with Crippen molar-refractivity contribution in [2.24, 2.45) is 0 Å². The van der Waals surface area contributed by atoms with E-state index in [0.717, 1.165) is 6.07 Å². The van der Waals surface area contributed by atoms with E-state index in [9.17, 15) is 27.6 Å². The molecule has 1 aliphatic rings. The maximum atomic E-state index is 13.0. The number of carbonyl (C=O) groups is 3. The van der Waals surface area contributed by atoms with Crippen molar-refractivity contribution in [2.75, 3.05) is 0 Å². The summed E-state index contributed by atoms with van der Waals surface area (Å²) in [4.78, 5) is 39.7. The zero-order chi connectivity index (χ0) is 23.7. The first-order chi connectivity index (χ1) is 14.9. The van der Waals surface area contributed by atoms with Crippen LogP contribution >= 0.6 is 11.6 Å². The van der Waals surface area contributed by atoms with Gasteiger partial charge < -0.3 is 5.32 Å². The molecule has 10 heteroatoms. The summed E-state index contributed by atoms with van der Waals surface area (Å²) in [6.45, 7) is 3.06. The van der Waals surface area contributed by atoms with Gasteiger partial charge in [0.05, 0.1) is 17.0 Å². The number of hydrogen-bond donors (Lipinski definition) is 2. The molecule has 2 N–H and O–H groups in total. The first-order valence-electron chi connectivity index (χ1n) is 9.84. The van der Waals surface area contributed by atoms with Gasteiger partial charge in [0, 0.05) is 18.0 Å². The molecule has 3 amide bonds. The number of pyridine rings is 1. The van der Waals surface area contributed by atoms with Crippen LogP contribution < -0.4 is 10.6 Å². The van der Waals surface area contributed by atoms with E-state index in [0.29, 0.717) is 22.6 Å². The lowest BCUT2D eigenvalue weighted by Crippen LogP contribution is -2.40. The molecule has 170 valence electrons. The number of aromatic nitrogens is 1. The number of halogens is 4. The highest BCUT2D eigenvalue weighted by Crippen LogP contribution is 2.32. The van der Waals surface area contributed by atoms with E-state index in [2.05, 4.69) is 15.6 Å². The van der Waals surface area contributed by atoms with Crippen molar-refractivity contribution in [1.82, 2.24) is 15.6 Å². The Balaban J connectivity index is 1.70. The Morgan fingerprint density at radius 2 is 1.88 bits per heavy atom. The number of benzene rings is 1. The van der Waals surface area contributed by atoms with Crippen LogP contribution in [-0.4, -0.2) is 22.7 Å². The monoisotopic (exact) mass is 467 g/mol. The zero-order valence-electron chi connectivity index (χ0n) is 17.3. The van der Waals surface area contributed by atoms with Crippen molar-refractivity contribution in [3.63, 3.8) is 0 Å². The van der Waals surface area contributed by atoms with Crippen molar-refractivity contribution < 1.29 is 27.6 Å². The zero-order valence-corrected chi connectivity index (χ0v) is 18.1. The number of rotatable bonds is 5. The maximum absolute atomic E-state index is 13.0. The summed E-state index contributed by atoms with van der Waals surface area (Å²) in [7, 11) is 0. The normalized spacial score (nSPS) is 17.1. The smallest absolute Gasteiger partial charge is 0.351 e. The fourth-order valence-corrected chi connectivity index (χ4v) is 3.75. The summed E-state index contributed by atoms with van der Waals surface area (Å²) in [6.07, 6.45) is -4.02. The Hall–Kier alpha value is -2.94. The molecule has 32 heavy (non-hydrogen) atoms. The molecule has 2 aromatic rings. The molecule has 1 atom stereocenters. The van der Waals surface area contributed by atoms with Crippen molar-refractivity contribution in [3.8, 4) is 0 Å². The van der Waals surface area contributed by atoms with Crippen LogP contribution in [0.3, 0.4) is 0 Å². The highest BCUT2D eigenvalue weighted by Gasteiger charge is 2.36. The predicted molar refractivity (Wildman–Crippen MR) is 111 cm³/mol. The molecule has 1 fully saturated rings. The van der Waals surface area contributed by atoms with Crippen LogP contribution in [0.4, 0.5) is 13.2 Å². The number of nitrogens with one attached hydrogen (secondary N) is 2. The van der Waals surface area contributed by atoms with Crippen LogP contribution in [-0.2, 0) is 32.5 Å². The SMILES string of the molecule is CC(C)(C(=O)NCc1ccc(C2CCC(=O)NC2=O)c(Cl)c1)c1cccc(C(F)(F)F)n1. The molecule has 0 bridgehead atoms. The highest BCUT2D eigenvalue weighted by molar-refractivity contribution is 6.31. The van der Waals surface area contributed by atoms with Gasteiger partial charge >= 0.3 is 6.18 Å². The molecule has 0 aliphatic carbocycles. The number of piperidine rings is 1. The predicted octanol–water partition coefficient (Wildman–Crippen LogP) is 3.87. The lowest BCUT2D eigenvalue weighted by atomic mass is 9.87. The Labute approximate surface area is 187 Å². The molecular formula is C22H21ClF3N3O3. The minimum absolute atomic E-state index is 0.00365. The van der Waals surface area contributed by atoms with Gasteiger partial charge in [-0.05, 0) is 49.6 Å². The molecule has 1 aliphatic heterocycles. The third-order valence-corrected chi connectivity index (χ3v) is 5.71. The van der Waals surface area contributed by atoms with Crippen molar-refractivity contribution in [2.45, 2.75) is 50.7 Å². The molecule has 0 saturated carbocycles. The molecule has 3 rings (SSSR count). The summed E-state index contributed by atoms with van der Waals surface area (Å²) < 4.78 is 38.9. The first-order valence-corrected chi connectivity index (χ1v) is 10.2. The lowest BCUT2D eigenvalue weighted by molar-refractivity contribution is -0.141. The maximum Gasteiger partial charge on any atom is 0.433 e. The van der Waals surface area contributed by atoms with E-state index in [1.165, 1.54) is 26.0 Å². The average molecular weight is 468 g/mol. The molecular weight excluding hydrogens is 447 g/mol. The molecule has 1 unspecified atom stereocenters. The average Bonchev–Trinajstić information content (AvgIpc) is 2.72. The third-order valence-electron chi connectivity index (χ3n) is 5.38. The van der Waals surface area contributed by atoms with Gasteiger partial charge in [-0.2, -0.15) is 13.2 Å². The van der Waals surface area contributed by atoms with Gasteiger partial charge in [0.25, 0.3) is 0 Å². The number of carbonyl (C=O) groups excluding carboxylic acids is 3. The molecule has 6 nitrogen and oxygen atoms in total. The quantitative estimate of drug-likeness (QED) is 0.653. The minimum atomic E-state index is -4.61. The summed E-state index contributed by atoms with van der Waals surface area (Å²) in [5.41, 5.74) is -1.15. The Morgan fingerprint density at radius 3 is 2.50 bits per heavy atom. The van der Waals surface area contributed by atoms with Crippen LogP contribution in [0.2, 0.25) is 5.02 Å². The van der Waals surface area contributed by atoms with Gasteiger partial charge in [0.1, 0.15) is 5.69 Å². The summed E-state index contributed by atoms with van der Waals surface area (Å²) in [6, 6.07) is 8.41. The summed E-state index contributed by atoms with van der Waals surface area (Å²) >= 11 is 6.33. The third kappa shape index (κ3) is 5.09. The highest BCUT2D eigenvalue weighted by atomic mass is 35.5. The van der Waals surface area contributed by atoms with E-state index < -0.39 is 35.0 Å². The van der Waals surface area contributed by atoms with E-state index in [1.807, 2.05) is 0 Å². The van der Waals surface area contributed by atoms with E-state index in [-0.39, 0.29) is 24.6 Å². The first kappa shape index (κ1) is 23.7.